The Morgan fingerprint density at radius 1 is 1.46 bits per heavy atom. The monoisotopic (exact) mass is 173 g/mol. The molecule has 0 atom stereocenters. The van der Waals surface area contributed by atoms with E-state index in [4.69, 9.17) is 5.73 Å². The van der Waals surface area contributed by atoms with Gasteiger partial charge in [0.25, 0.3) is 0 Å². The summed E-state index contributed by atoms with van der Waals surface area (Å²) < 4.78 is 0. The Bertz CT molecular complexity index is 454. The van der Waals surface area contributed by atoms with E-state index in [2.05, 4.69) is 10.2 Å². The Balaban J connectivity index is 2.65. The highest BCUT2D eigenvalue weighted by Gasteiger charge is 2.00. The highest BCUT2D eigenvalue weighted by Crippen LogP contribution is 2.19. The van der Waals surface area contributed by atoms with Gasteiger partial charge in [-0.05, 0) is 24.6 Å². The van der Waals surface area contributed by atoms with Crippen molar-refractivity contribution in [1.82, 2.24) is 10.2 Å². The molecule has 0 radical (unpaired) electrons. The van der Waals surface area contributed by atoms with Gasteiger partial charge in [-0.25, -0.2) is 0 Å². The fraction of sp³-hybridized carbons (Fsp3) is 0.100. The van der Waals surface area contributed by atoms with Gasteiger partial charge >= 0.3 is 0 Å². The van der Waals surface area contributed by atoms with Gasteiger partial charge in [0.15, 0.2) is 5.82 Å². The van der Waals surface area contributed by atoms with Crippen LogP contribution in [-0.2, 0) is 0 Å². The van der Waals surface area contributed by atoms with Crippen molar-refractivity contribution in [2.75, 3.05) is 5.73 Å². The molecule has 0 bridgehead atoms. The number of aromatic amines is 1. The molecule has 66 valence electrons. The van der Waals surface area contributed by atoms with Gasteiger partial charge < -0.3 is 5.73 Å². The van der Waals surface area contributed by atoms with Gasteiger partial charge in [-0.15, -0.1) is 0 Å². The van der Waals surface area contributed by atoms with E-state index >= 15 is 0 Å². The molecule has 1 aromatic carbocycles. The molecular weight excluding hydrogens is 162 g/mol. The van der Waals surface area contributed by atoms with E-state index < -0.39 is 0 Å². The summed E-state index contributed by atoms with van der Waals surface area (Å²) in [7, 11) is 0. The maximum Gasteiger partial charge on any atom is 0.153 e. The van der Waals surface area contributed by atoms with Crippen LogP contribution in [0, 0.1) is 0 Å². The number of hydrogen-bond donors (Lipinski definition) is 2. The number of fused-ring (bicyclic) bond motifs is 1. The summed E-state index contributed by atoms with van der Waals surface area (Å²) >= 11 is 0. The molecule has 3 heteroatoms. The molecule has 0 aliphatic carbocycles. The third kappa shape index (κ3) is 1.28. The molecule has 0 amide bonds. The molecule has 1 heterocycles. The number of allylic oxidation sites excluding steroid dienone is 1. The number of aromatic nitrogens is 2. The van der Waals surface area contributed by atoms with Crippen LogP contribution in [0.3, 0.4) is 0 Å². The van der Waals surface area contributed by atoms with E-state index in [1.165, 1.54) is 0 Å². The average Bonchev–Trinajstić information content (AvgIpc) is 2.49. The van der Waals surface area contributed by atoms with Gasteiger partial charge in [0.05, 0.1) is 5.52 Å². The summed E-state index contributed by atoms with van der Waals surface area (Å²) in [5.74, 6) is 0.557. The largest absolute Gasteiger partial charge is 0.382 e. The van der Waals surface area contributed by atoms with E-state index in [-0.39, 0.29) is 0 Å². The van der Waals surface area contributed by atoms with Crippen LogP contribution in [-0.4, -0.2) is 10.2 Å². The smallest absolute Gasteiger partial charge is 0.153 e. The van der Waals surface area contributed by atoms with Gasteiger partial charge in [-0.2, -0.15) is 5.10 Å². The lowest BCUT2D eigenvalue weighted by Gasteiger charge is -1.93. The van der Waals surface area contributed by atoms with Crippen molar-refractivity contribution in [3.8, 4) is 0 Å². The topological polar surface area (TPSA) is 54.7 Å². The van der Waals surface area contributed by atoms with Crippen LogP contribution >= 0.6 is 0 Å². The summed E-state index contributed by atoms with van der Waals surface area (Å²) in [6, 6.07) is 6.03. The van der Waals surface area contributed by atoms with Crippen LogP contribution < -0.4 is 5.73 Å². The molecule has 1 aromatic heterocycles. The molecule has 0 aliphatic heterocycles. The molecular formula is C10H11N3. The fourth-order valence-electron chi connectivity index (χ4n) is 1.35. The zero-order valence-corrected chi connectivity index (χ0v) is 7.41. The van der Waals surface area contributed by atoms with Crippen molar-refractivity contribution in [2.45, 2.75) is 6.92 Å². The second-order valence-corrected chi connectivity index (χ2v) is 2.91. The van der Waals surface area contributed by atoms with E-state index in [1.807, 2.05) is 37.3 Å². The Morgan fingerprint density at radius 3 is 3.08 bits per heavy atom. The second-order valence-electron chi connectivity index (χ2n) is 2.91. The zero-order valence-electron chi connectivity index (χ0n) is 7.41. The van der Waals surface area contributed by atoms with Gasteiger partial charge in [-0.3, -0.25) is 5.10 Å². The predicted molar refractivity (Wildman–Crippen MR) is 55.2 cm³/mol. The lowest BCUT2D eigenvalue weighted by atomic mass is 10.1. The molecule has 0 saturated carbocycles. The molecule has 3 N–H and O–H groups in total. The molecule has 0 fully saturated rings. The standard InChI is InChI=1S/C10H11N3/c1-2-3-7-4-5-9-8(6-7)10(11)13-12-9/h2-6H,1H3,(H3,11,12,13). The van der Waals surface area contributed by atoms with E-state index in [0.717, 1.165) is 16.5 Å². The second kappa shape index (κ2) is 2.94. The van der Waals surface area contributed by atoms with Crippen molar-refractivity contribution in [3.63, 3.8) is 0 Å². The van der Waals surface area contributed by atoms with Crippen LogP contribution in [0.4, 0.5) is 5.82 Å². The summed E-state index contributed by atoms with van der Waals surface area (Å²) in [5, 5.41) is 7.77. The maximum atomic E-state index is 5.67. The molecule has 3 nitrogen and oxygen atoms in total. The number of hydrogen-bond acceptors (Lipinski definition) is 2. The lowest BCUT2D eigenvalue weighted by molar-refractivity contribution is 1.13. The number of nitrogens with zero attached hydrogens (tertiary/aromatic N) is 1. The summed E-state index contributed by atoms with van der Waals surface area (Å²) in [4.78, 5) is 0. The Hall–Kier alpha value is -1.77. The van der Waals surface area contributed by atoms with Crippen LogP contribution in [0.5, 0.6) is 0 Å². The summed E-state index contributed by atoms with van der Waals surface area (Å²) in [6.45, 7) is 1.99. The first-order valence-corrected chi connectivity index (χ1v) is 4.17. The minimum absolute atomic E-state index is 0.557. The summed E-state index contributed by atoms with van der Waals surface area (Å²) in [6.07, 6.45) is 4.03. The highest BCUT2D eigenvalue weighted by atomic mass is 15.1. The third-order valence-electron chi connectivity index (χ3n) is 1.98. The predicted octanol–water partition coefficient (Wildman–Crippen LogP) is 2.18. The van der Waals surface area contributed by atoms with Gasteiger partial charge in [0.2, 0.25) is 0 Å². The number of anilines is 1. The normalized spacial score (nSPS) is 11.5. The number of H-pyrrole nitrogens is 1. The van der Waals surface area contributed by atoms with Gasteiger partial charge in [0, 0.05) is 5.39 Å². The lowest BCUT2D eigenvalue weighted by Crippen LogP contribution is -1.83. The molecule has 2 aromatic rings. The molecule has 13 heavy (non-hydrogen) atoms. The Morgan fingerprint density at radius 2 is 2.31 bits per heavy atom. The van der Waals surface area contributed by atoms with Crippen LogP contribution in [0.2, 0.25) is 0 Å². The third-order valence-corrected chi connectivity index (χ3v) is 1.98. The number of benzene rings is 1. The van der Waals surface area contributed by atoms with Crippen LogP contribution in [0.25, 0.3) is 17.0 Å². The average molecular weight is 173 g/mol. The summed E-state index contributed by atoms with van der Waals surface area (Å²) in [5.41, 5.74) is 7.79. The fourth-order valence-corrected chi connectivity index (χ4v) is 1.35. The zero-order chi connectivity index (χ0) is 9.26. The first-order chi connectivity index (χ1) is 6.31. The van der Waals surface area contributed by atoms with Crippen molar-refractivity contribution >= 4 is 22.8 Å². The van der Waals surface area contributed by atoms with E-state index in [1.54, 1.807) is 0 Å². The van der Waals surface area contributed by atoms with E-state index in [9.17, 15) is 0 Å². The van der Waals surface area contributed by atoms with Crippen LogP contribution in [0.15, 0.2) is 24.3 Å². The van der Waals surface area contributed by atoms with E-state index in [0.29, 0.717) is 5.82 Å². The minimum atomic E-state index is 0.557. The SMILES string of the molecule is CC=Cc1ccc2[nH]nc(N)c2c1. The number of nitrogen functional groups attached to an aromatic ring is 1. The minimum Gasteiger partial charge on any atom is -0.382 e. The molecule has 0 saturated heterocycles. The Labute approximate surface area is 76.3 Å². The quantitative estimate of drug-likeness (QED) is 0.694. The van der Waals surface area contributed by atoms with Crippen molar-refractivity contribution in [2.24, 2.45) is 0 Å². The Kier molecular flexibility index (Phi) is 1.77. The van der Waals surface area contributed by atoms with Crippen molar-refractivity contribution in [3.05, 3.63) is 29.8 Å². The number of nitrogens with one attached hydrogen (secondary N) is 1. The first kappa shape index (κ1) is 7.86. The molecule has 0 spiro atoms. The van der Waals surface area contributed by atoms with Crippen molar-refractivity contribution < 1.29 is 0 Å². The number of rotatable bonds is 1. The van der Waals surface area contributed by atoms with Crippen molar-refractivity contribution in [1.29, 1.82) is 0 Å². The first-order valence-electron chi connectivity index (χ1n) is 4.17. The van der Waals surface area contributed by atoms with Gasteiger partial charge in [-0.1, -0.05) is 18.2 Å². The van der Waals surface area contributed by atoms with Crippen LogP contribution in [0.1, 0.15) is 12.5 Å². The number of nitrogens with two attached hydrogens (primary N) is 1. The molecule has 0 unspecified atom stereocenters. The highest BCUT2D eigenvalue weighted by molar-refractivity contribution is 5.90. The molecule has 0 aliphatic rings. The maximum absolute atomic E-state index is 5.67. The van der Waals surface area contributed by atoms with Gasteiger partial charge in [0.1, 0.15) is 0 Å². The molecule has 2 rings (SSSR count).